The number of carbonyl (C=O) groups excluding carboxylic acids is 1. The van der Waals surface area contributed by atoms with Crippen LogP contribution in [0.15, 0.2) is 24.3 Å². The quantitative estimate of drug-likeness (QED) is 0.799. The zero-order valence-electron chi connectivity index (χ0n) is 11.7. The Balaban J connectivity index is 2.17. The van der Waals surface area contributed by atoms with Crippen LogP contribution in [0.1, 0.15) is 30.3 Å². The monoisotopic (exact) mass is 271 g/mol. The van der Waals surface area contributed by atoms with Gasteiger partial charge in [-0.25, -0.2) is 4.79 Å². The van der Waals surface area contributed by atoms with Gasteiger partial charge in [0.15, 0.2) is 5.69 Å². The highest BCUT2D eigenvalue weighted by Gasteiger charge is 2.31. The molecule has 1 fully saturated rings. The van der Waals surface area contributed by atoms with Crippen molar-refractivity contribution in [2.75, 3.05) is 18.6 Å². The third kappa shape index (κ3) is 2.19. The molecule has 0 bridgehead atoms. The molecule has 1 saturated carbocycles. The second-order valence-electron chi connectivity index (χ2n) is 4.98. The van der Waals surface area contributed by atoms with Crippen molar-refractivity contribution in [3.8, 4) is 0 Å². The first-order valence-electron chi connectivity index (χ1n) is 6.87. The highest BCUT2D eigenvalue weighted by molar-refractivity contribution is 6.03. The van der Waals surface area contributed by atoms with Crippen LogP contribution in [-0.4, -0.2) is 35.9 Å². The Bertz CT molecular complexity index is 653. The lowest BCUT2D eigenvalue weighted by Crippen LogP contribution is -2.24. The predicted molar refractivity (Wildman–Crippen MR) is 76.9 cm³/mol. The molecule has 1 aliphatic rings. The summed E-state index contributed by atoms with van der Waals surface area (Å²) >= 11 is 0. The molecule has 0 radical (unpaired) electrons. The number of rotatable bonds is 4. The van der Waals surface area contributed by atoms with Crippen LogP contribution in [-0.2, 0) is 4.74 Å². The molecular weight excluding hydrogens is 254 g/mol. The number of benzene rings is 1. The summed E-state index contributed by atoms with van der Waals surface area (Å²) in [5.74, 6) is -0.409. The Morgan fingerprint density at radius 2 is 2.10 bits per heavy atom. The van der Waals surface area contributed by atoms with E-state index in [0.717, 1.165) is 29.4 Å². The standard InChI is InChI=1S/C15H17N3O2/c1-3-20-15(19)13-14(18(2)10-8-9-10)11-6-4-5-7-12(11)16-17-13/h4-7,10H,3,8-9H2,1-2H3. The number of aromatic nitrogens is 2. The average molecular weight is 271 g/mol. The molecule has 20 heavy (non-hydrogen) atoms. The van der Waals surface area contributed by atoms with Crippen LogP contribution in [0.2, 0.25) is 0 Å². The summed E-state index contributed by atoms with van der Waals surface area (Å²) in [7, 11) is 2.00. The van der Waals surface area contributed by atoms with Crippen LogP contribution in [0.3, 0.4) is 0 Å². The fraction of sp³-hybridized carbons (Fsp3) is 0.400. The molecule has 2 aromatic rings. The number of anilines is 1. The minimum Gasteiger partial charge on any atom is -0.461 e. The Kier molecular flexibility index (Phi) is 3.26. The van der Waals surface area contributed by atoms with E-state index in [0.29, 0.717) is 18.3 Å². The Labute approximate surface area is 117 Å². The number of carbonyl (C=O) groups is 1. The molecule has 0 amide bonds. The van der Waals surface area contributed by atoms with E-state index in [4.69, 9.17) is 4.74 Å². The van der Waals surface area contributed by atoms with E-state index in [1.54, 1.807) is 6.92 Å². The van der Waals surface area contributed by atoms with Crippen LogP contribution in [0.25, 0.3) is 10.9 Å². The van der Waals surface area contributed by atoms with Crippen molar-refractivity contribution in [1.29, 1.82) is 0 Å². The van der Waals surface area contributed by atoms with Gasteiger partial charge in [0.05, 0.1) is 17.8 Å². The van der Waals surface area contributed by atoms with Crippen LogP contribution in [0.4, 0.5) is 5.69 Å². The Morgan fingerprint density at radius 3 is 2.80 bits per heavy atom. The summed E-state index contributed by atoms with van der Waals surface area (Å²) in [4.78, 5) is 14.2. The molecule has 0 aliphatic heterocycles. The van der Waals surface area contributed by atoms with Gasteiger partial charge in [-0.2, -0.15) is 0 Å². The molecule has 0 spiro atoms. The van der Waals surface area contributed by atoms with Gasteiger partial charge in [0, 0.05) is 18.5 Å². The number of hydrogen-bond donors (Lipinski definition) is 0. The van der Waals surface area contributed by atoms with Crippen LogP contribution >= 0.6 is 0 Å². The molecule has 5 heteroatoms. The first kappa shape index (κ1) is 12.8. The van der Waals surface area contributed by atoms with Crippen molar-refractivity contribution in [3.63, 3.8) is 0 Å². The normalized spacial score (nSPS) is 14.3. The molecule has 1 aromatic carbocycles. The molecule has 0 saturated heterocycles. The minimum absolute atomic E-state index is 0.306. The molecule has 1 aliphatic carbocycles. The first-order chi connectivity index (χ1) is 9.72. The number of esters is 1. The molecule has 3 rings (SSSR count). The summed E-state index contributed by atoms with van der Waals surface area (Å²) in [6, 6.07) is 8.23. The predicted octanol–water partition coefficient (Wildman–Crippen LogP) is 2.41. The number of fused-ring (bicyclic) bond motifs is 1. The Hall–Kier alpha value is -2.17. The van der Waals surface area contributed by atoms with Crippen molar-refractivity contribution in [2.45, 2.75) is 25.8 Å². The van der Waals surface area contributed by atoms with Crippen LogP contribution in [0.5, 0.6) is 0 Å². The van der Waals surface area contributed by atoms with Gasteiger partial charge in [-0.15, -0.1) is 10.2 Å². The van der Waals surface area contributed by atoms with Gasteiger partial charge in [0.2, 0.25) is 0 Å². The third-order valence-corrected chi connectivity index (χ3v) is 3.56. The van der Waals surface area contributed by atoms with Gasteiger partial charge in [-0.1, -0.05) is 18.2 Å². The van der Waals surface area contributed by atoms with E-state index in [-0.39, 0.29) is 0 Å². The molecule has 1 aromatic heterocycles. The average Bonchev–Trinajstić information content (AvgIpc) is 3.30. The van der Waals surface area contributed by atoms with Crippen LogP contribution in [0, 0.1) is 0 Å². The van der Waals surface area contributed by atoms with E-state index in [9.17, 15) is 4.79 Å². The summed E-state index contributed by atoms with van der Waals surface area (Å²) in [5.41, 5.74) is 1.93. The smallest absolute Gasteiger partial charge is 0.361 e. The summed E-state index contributed by atoms with van der Waals surface area (Å²) in [6.07, 6.45) is 2.30. The zero-order chi connectivity index (χ0) is 14.1. The van der Waals surface area contributed by atoms with E-state index in [1.807, 2.05) is 31.3 Å². The lowest BCUT2D eigenvalue weighted by Gasteiger charge is -2.22. The van der Waals surface area contributed by atoms with Crippen molar-refractivity contribution < 1.29 is 9.53 Å². The molecule has 5 nitrogen and oxygen atoms in total. The van der Waals surface area contributed by atoms with E-state index >= 15 is 0 Å². The first-order valence-corrected chi connectivity index (χ1v) is 6.87. The lowest BCUT2D eigenvalue weighted by atomic mass is 10.1. The number of ether oxygens (including phenoxy) is 1. The lowest BCUT2D eigenvalue weighted by molar-refractivity contribution is 0.0519. The number of hydrogen-bond acceptors (Lipinski definition) is 5. The van der Waals surface area contributed by atoms with E-state index in [1.165, 1.54) is 0 Å². The molecule has 1 heterocycles. The third-order valence-electron chi connectivity index (χ3n) is 3.56. The SMILES string of the molecule is CCOC(=O)c1nnc2ccccc2c1N(C)C1CC1. The largest absolute Gasteiger partial charge is 0.461 e. The van der Waals surface area contributed by atoms with Crippen molar-refractivity contribution in [3.05, 3.63) is 30.0 Å². The fourth-order valence-electron chi connectivity index (χ4n) is 2.38. The maximum absolute atomic E-state index is 12.1. The van der Waals surface area contributed by atoms with Gasteiger partial charge in [-0.05, 0) is 25.8 Å². The van der Waals surface area contributed by atoms with Gasteiger partial charge < -0.3 is 9.64 Å². The van der Waals surface area contributed by atoms with Crippen molar-refractivity contribution in [1.82, 2.24) is 10.2 Å². The van der Waals surface area contributed by atoms with Gasteiger partial charge in [0.1, 0.15) is 0 Å². The second kappa shape index (κ2) is 5.07. The van der Waals surface area contributed by atoms with Gasteiger partial charge in [0.25, 0.3) is 0 Å². The van der Waals surface area contributed by atoms with Crippen molar-refractivity contribution in [2.24, 2.45) is 0 Å². The van der Waals surface area contributed by atoms with Gasteiger partial charge >= 0.3 is 5.97 Å². The summed E-state index contributed by atoms with van der Waals surface area (Å²) in [5, 5.41) is 9.16. The van der Waals surface area contributed by atoms with E-state index < -0.39 is 5.97 Å². The van der Waals surface area contributed by atoms with Crippen molar-refractivity contribution >= 4 is 22.6 Å². The molecular formula is C15H17N3O2. The van der Waals surface area contributed by atoms with Gasteiger partial charge in [-0.3, -0.25) is 0 Å². The summed E-state index contributed by atoms with van der Waals surface area (Å²) < 4.78 is 5.10. The van der Waals surface area contributed by atoms with Crippen LogP contribution < -0.4 is 4.90 Å². The highest BCUT2D eigenvalue weighted by atomic mass is 16.5. The zero-order valence-corrected chi connectivity index (χ0v) is 11.7. The minimum atomic E-state index is -0.409. The molecule has 0 atom stereocenters. The maximum Gasteiger partial charge on any atom is 0.361 e. The molecule has 104 valence electrons. The Morgan fingerprint density at radius 1 is 1.35 bits per heavy atom. The molecule has 0 unspecified atom stereocenters. The molecule has 0 N–H and O–H groups in total. The topological polar surface area (TPSA) is 55.3 Å². The fourth-order valence-corrected chi connectivity index (χ4v) is 2.38. The highest BCUT2D eigenvalue weighted by Crippen LogP contribution is 2.35. The number of nitrogens with zero attached hydrogens (tertiary/aromatic N) is 3. The summed E-state index contributed by atoms with van der Waals surface area (Å²) in [6.45, 7) is 2.12. The van der Waals surface area contributed by atoms with E-state index in [2.05, 4.69) is 15.1 Å². The maximum atomic E-state index is 12.1. The second-order valence-corrected chi connectivity index (χ2v) is 4.98.